The molecule has 0 spiro atoms. The third-order valence-electron chi connectivity index (χ3n) is 6.58. The summed E-state index contributed by atoms with van der Waals surface area (Å²) in [5.74, 6) is -0.0140. The van der Waals surface area contributed by atoms with Crippen LogP contribution in [-0.2, 0) is 16.0 Å². The molecule has 2 aliphatic rings. The molecule has 1 amide bonds. The molecule has 0 aromatic heterocycles. The van der Waals surface area contributed by atoms with Crippen LogP contribution < -0.4 is 0 Å². The summed E-state index contributed by atoms with van der Waals surface area (Å²) in [5.41, 5.74) is 6.57. The second-order valence-corrected chi connectivity index (χ2v) is 9.52. The molecular formula is C32H46N2O2. The minimum absolute atomic E-state index is 0. The van der Waals surface area contributed by atoms with E-state index in [1.165, 1.54) is 61.7 Å². The number of hydrogen-bond donors (Lipinski definition) is 0. The van der Waals surface area contributed by atoms with Gasteiger partial charge in [0, 0.05) is 25.2 Å². The fourth-order valence-electron chi connectivity index (χ4n) is 4.28. The van der Waals surface area contributed by atoms with Crippen LogP contribution in [-0.4, -0.2) is 54.2 Å². The van der Waals surface area contributed by atoms with Gasteiger partial charge in [0.15, 0.2) is 5.78 Å². The maximum atomic E-state index is 11.5. The van der Waals surface area contributed by atoms with Crippen molar-refractivity contribution in [3.05, 3.63) is 95.1 Å². The van der Waals surface area contributed by atoms with Gasteiger partial charge in [-0.2, -0.15) is 0 Å². The van der Waals surface area contributed by atoms with Gasteiger partial charge in [-0.3, -0.25) is 9.59 Å². The molecule has 196 valence electrons. The van der Waals surface area contributed by atoms with Crippen molar-refractivity contribution in [2.45, 2.75) is 60.8 Å². The predicted molar refractivity (Wildman–Crippen MR) is 154 cm³/mol. The van der Waals surface area contributed by atoms with Gasteiger partial charge >= 0.3 is 0 Å². The van der Waals surface area contributed by atoms with Crippen molar-refractivity contribution in [1.29, 1.82) is 0 Å². The molecular weight excluding hydrogens is 444 g/mol. The van der Waals surface area contributed by atoms with Crippen LogP contribution in [0.25, 0.3) is 0 Å². The number of ketones is 1. The van der Waals surface area contributed by atoms with E-state index >= 15 is 0 Å². The molecule has 4 nitrogen and oxygen atoms in total. The van der Waals surface area contributed by atoms with Gasteiger partial charge in [0.05, 0.1) is 0 Å². The van der Waals surface area contributed by atoms with Crippen molar-refractivity contribution >= 4 is 11.7 Å². The number of carbonyl (C=O) groups excluding carboxylic acids is 2. The molecule has 0 radical (unpaired) electrons. The highest BCUT2D eigenvalue weighted by atomic mass is 16.2. The first-order valence-corrected chi connectivity index (χ1v) is 12.6. The summed E-state index contributed by atoms with van der Waals surface area (Å²) in [7, 11) is 0. The summed E-state index contributed by atoms with van der Waals surface area (Å²) < 4.78 is 0. The van der Waals surface area contributed by atoms with Crippen LogP contribution in [0.5, 0.6) is 0 Å². The standard InChI is InChI=1S/C18H23NO2.C13H19N.CH4/c1-6-18(21)19-11-9-16(10-12-19)14(4)7-8-17(13(2)3)15(5)20;1-12-4-6-13(7-5-12)8-11-14-9-2-3-10-14;/h6-9H,1-2,10-12H2,3-5H3;4-7H,2-3,8-11H2,1H3;1H4/b14-7+,17-8+;;. The van der Waals surface area contributed by atoms with Crippen LogP contribution in [0.3, 0.4) is 0 Å². The van der Waals surface area contributed by atoms with Crippen LogP contribution >= 0.6 is 0 Å². The van der Waals surface area contributed by atoms with Gasteiger partial charge in [-0.25, -0.2) is 0 Å². The van der Waals surface area contributed by atoms with Crippen molar-refractivity contribution < 1.29 is 9.59 Å². The number of allylic oxidation sites excluding steroid dienone is 5. The first-order valence-electron chi connectivity index (χ1n) is 12.6. The molecule has 0 aliphatic carbocycles. The lowest BCUT2D eigenvalue weighted by molar-refractivity contribution is -0.125. The fourth-order valence-corrected chi connectivity index (χ4v) is 4.28. The molecule has 36 heavy (non-hydrogen) atoms. The van der Waals surface area contributed by atoms with Gasteiger partial charge < -0.3 is 9.80 Å². The fraction of sp³-hybridized carbons (Fsp3) is 0.438. The second-order valence-electron chi connectivity index (χ2n) is 9.52. The van der Waals surface area contributed by atoms with Crippen molar-refractivity contribution in [2.75, 3.05) is 32.7 Å². The monoisotopic (exact) mass is 490 g/mol. The number of nitrogens with zero attached hydrogens (tertiary/aromatic N) is 2. The zero-order valence-corrected chi connectivity index (χ0v) is 22.1. The van der Waals surface area contributed by atoms with E-state index in [1.54, 1.807) is 11.8 Å². The molecule has 1 aromatic rings. The maximum Gasteiger partial charge on any atom is 0.246 e. The zero-order valence-electron chi connectivity index (χ0n) is 22.1. The minimum atomic E-state index is -0.0343. The molecule has 1 fully saturated rings. The van der Waals surface area contributed by atoms with E-state index < -0.39 is 0 Å². The van der Waals surface area contributed by atoms with E-state index in [0.29, 0.717) is 18.7 Å². The number of rotatable bonds is 8. The summed E-state index contributed by atoms with van der Waals surface area (Å²) in [4.78, 5) is 27.3. The average molecular weight is 491 g/mol. The number of aryl methyl sites for hydroxylation is 1. The van der Waals surface area contributed by atoms with Crippen molar-refractivity contribution in [2.24, 2.45) is 0 Å². The number of carbonyl (C=O) groups is 2. The number of Topliss-reactive ketones (excluding diaryl/α,β-unsaturated/α-hetero) is 1. The van der Waals surface area contributed by atoms with Gasteiger partial charge in [0.1, 0.15) is 0 Å². The normalized spacial score (nSPS) is 16.3. The number of amides is 1. The summed E-state index contributed by atoms with van der Waals surface area (Å²) in [6.45, 7) is 20.0. The maximum absolute atomic E-state index is 11.5. The third kappa shape index (κ3) is 10.3. The summed E-state index contributed by atoms with van der Waals surface area (Å²) in [6.07, 6.45) is 12.0. The molecule has 0 bridgehead atoms. The second kappa shape index (κ2) is 15.9. The van der Waals surface area contributed by atoms with Crippen molar-refractivity contribution in [3.63, 3.8) is 0 Å². The van der Waals surface area contributed by atoms with Crippen LogP contribution in [0.4, 0.5) is 0 Å². The van der Waals surface area contributed by atoms with E-state index in [1.807, 2.05) is 26.0 Å². The Kier molecular flexibility index (Phi) is 13.7. The molecule has 0 N–H and O–H groups in total. The third-order valence-corrected chi connectivity index (χ3v) is 6.58. The Morgan fingerprint density at radius 1 is 1.00 bits per heavy atom. The van der Waals surface area contributed by atoms with Gasteiger partial charge in [0.25, 0.3) is 0 Å². The van der Waals surface area contributed by atoms with Crippen LogP contribution in [0.15, 0.2) is 84.0 Å². The SMILES string of the molecule is C.C=CC(=O)N1CC=C(/C(C)=C/C=C(\C(=C)C)C(C)=O)CC1.Cc1ccc(CCN2CCCC2)cc1. The zero-order chi connectivity index (χ0) is 25.8. The van der Waals surface area contributed by atoms with Crippen LogP contribution in [0.2, 0.25) is 0 Å². The Morgan fingerprint density at radius 3 is 2.14 bits per heavy atom. The topological polar surface area (TPSA) is 40.6 Å². The van der Waals surface area contributed by atoms with E-state index in [9.17, 15) is 9.59 Å². The van der Waals surface area contributed by atoms with E-state index in [-0.39, 0.29) is 19.1 Å². The quantitative estimate of drug-likeness (QED) is 0.303. The molecule has 0 atom stereocenters. The average Bonchev–Trinajstić information content (AvgIpc) is 3.37. The summed E-state index contributed by atoms with van der Waals surface area (Å²) in [6, 6.07) is 8.93. The Labute approximate surface area is 219 Å². The lowest BCUT2D eigenvalue weighted by Crippen LogP contribution is -2.33. The first kappa shape index (κ1) is 31.1. The first-order chi connectivity index (χ1) is 16.7. The summed E-state index contributed by atoms with van der Waals surface area (Å²) in [5, 5.41) is 0. The number of likely N-dealkylation sites (tertiary alicyclic amines) is 1. The van der Waals surface area contributed by atoms with Gasteiger partial charge in [-0.1, -0.05) is 68.6 Å². The van der Waals surface area contributed by atoms with Crippen LogP contribution in [0, 0.1) is 6.92 Å². The Morgan fingerprint density at radius 2 is 1.64 bits per heavy atom. The Hall–Kier alpha value is -2.98. The molecule has 3 rings (SSSR count). The number of benzene rings is 1. The highest BCUT2D eigenvalue weighted by Crippen LogP contribution is 2.20. The summed E-state index contributed by atoms with van der Waals surface area (Å²) >= 11 is 0. The lowest BCUT2D eigenvalue weighted by Gasteiger charge is -2.25. The molecule has 2 heterocycles. The lowest BCUT2D eigenvalue weighted by atomic mass is 9.98. The highest BCUT2D eigenvalue weighted by Gasteiger charge is 2.15. The van der Waals surface area contributed by atoms with Gasteiger partial charge in [-0.05, 0) is 94.8 Å². The van der Waals surface area contributed by atoms with Gasteiger partial charge in [0.2, 0.25) is 5.91 Å². The van der Waals surface area contributed by atoms with Crippen molar-refractivity contribution in [3.8, 4) is 0 Å². The molecule has 0 unspecified atom stereocenters. The van der Waals surface area contributed by atoms with Crippen LogP contribution in [0.1, 0.15) is 58.6 Å². The minimum Gasteiger partial charge on any atom is -0.335 e. The predicted octanol–water partition coefficient (Wildman–Crippen LogP) is 6.64. The van der Waals surface area contributed by atoms with Crippen molar-refractivity contribution in [1.82, 2.24) is 9.80 Å². The Balaban J connectivity index is 0.000000375. The molecule has 2 aliphatic heterocycles. The largest absolute Gasteiger partial charge is 0.335 e. The molecule has 1 saturated heterocycles. The Bertz CT molecular complexity index is 973. The van der Waals surface area contributed by atoms with E-state index in [2.05, 4.69) is 55.3 Å². The molecule has 1 aromatic carbocycles. The van der Waals surface area contributed by atoms with E-state index in [4.69, 9.17) is 0 Å². The molecule has 4 heteroatoms. The van der Waals surface area contributed by atoms with Gasteiger partial charge in [-0.15, -0.1) is 0 Å². The smallest absolute Gasteiger partial charge is 0.246 e. The highest BCUT2D eigenvalue weighted by molar-refractivity contribution is 5.97. The van der Waals surface area contributed by atoms with E-state index in [0.717, 1.165) is 17.6 Å². The number of hydrogen-bond acceptors (Lipinski definition) is 3. The molecule has 0 saturated carbocycles.